The lowest BCUT2D eigenvalue weighted by Gasteiger charge is -2.13. The summed E-state index contributed by atoms with van der Waals surface area (Å²) in [5.74, 6) is 0.696. The van der Waals surface area contributed by atoms with Gasteiger partial charge >= 0.3 is 5.69 Å². The van der Waals surface area contributed by atoms with Gasteiger partial charge in [0.25, 0.3) is 11.5 Å². The van der Waals surface area contributed by atoms with Crippen LogP contribution in [-0.4, -0.2) is 34.2 Å². The van der Waals surface area contributed by atoms with Gasteiger partial charge in [0.1, 0.15) is 5.65 Å². The number of carbonyl (C=O) groups is 1. The Kier molecular flexibility index (Phi) is 5.40. The minimum absolute atomic E-state index is 0.102. The van der Waals surface area contributed by atoms with Crippen LogP contribution in [0, 0.1) is 6.92 Å². The third-order valence-electron chi connectivity index (χ3n) is 4.68. The van der Waals surface area contributed by atoms with Gasteiger partial charge in [-0.05, 0) is 30.7 Å². The highest BCUT2D eigenvalue weighted by Gasteiger charge is 2.19. The van der Waals surface area contributed by atoms with Gasteiger partial charge in [0.05, 0.1) is 25.2 Å². The standard InChI is InChI=1S/C20H22N4O5/c1-11-8-13(16-17(22-11)23(2)20(27)24(3)19(16)26)18(25)21-10-12-6-7-14(28-4)15(9-12)29-5/h6-9H,10H2,1-5H3,(H,21,25). The van der Waals surface area contributed by atoms with Crippen molar-refractivity contribution < 1.29 is 14.3 Å². The Hall–Kier alpha value is -3.62. The number of ether oxygens (including phenoxy) is 2. The summed E-state index contributed by atoms with van der Waals surface area (Å²) in [5, 5.41) is 2.91. The third-order valence-corrected chi connectivity index (χ3v) is 4.68. The number of hydrogen-bond acceptors (Lipinski definition) is 6. The monoisotopic (exact) mass is 398 g/mol. The maximum atomic E-state index is 12.9. The Bertz CT molecular complexity index is 1230. The number of rotatable bonds is 5. The summed E-state index contributed by atoms with van der Waals surface area (Å²) in [6.45, 7) is 1.92. The largest absolute Gasteiger partial charge is 0.493 e. The second kappa shape index (κ2) is 7.78. The zero-order valence-electron chi connectivity index (χ0n) is 16.9. The normalized spacial score (nSPS) is 10.8. The molecule has 0 radical (unpaired) electrons. The van der Waals surface area contributed by atoms with Crippen LogP contribution >= 0.6 is 0 Å². The molecule has 1 N–H and O–H groups in total. The van der Waals surface area contributed by atoms with E-state index in [9.17, 15) is 14.4 Å². The predicted octanol–water partition coefficient (Wildman–Crippen LogP) is 0.888. The summed E-state index contributed by atoms with van der Waals surface area (Å²) in [6, 6.07) is 6.86. The number of nitrogens with one attached hydrogen (secondary N) is 1. The molecule has 0 aliphatic heterocycles. The molecule has 2 heterocycles. The predicted molar refractivity (Wildman–Crippen MR) is 108 cm³/mol. The fraction of sp³-hybridized carbons (Fsp3) is 0.300. The van der Waals surface area contributed by atoms with Gasteiger partial charge < -0.3 is 14.8 Å². The molecule has 1 aromatic carbocycles. The van der Waals surface area contributed by atoms with Crippen molar-refractivity contribution in [2.45, 2.75) is 13.5 Å². The first-order valence-corrected chi connectivity index (χ1v) is 8.85. The van der Waals surface area contributed by atoms with Crippen molar-refractivity contribution in [2.24, 2.45) is 14.1 Å². The lowest BCUT2D eigenvalue weighted by molar-refractivity contribution is 0.0952. The number of amides is 1. The average Bonchev–Trinajstić information content (AvgIpc) is 2.73. The lowest BCUT2D eigenvalue weighted by atomic mass is 10.1. The molecule has 2 aromatic heterocycles. The second-order valence-electron chi connectivity index (χ2n) is 6.59. The number of aromatic nitrogens is 3. The maximum absolute atomic E-state index is 12.9. The number of nitrogens with zero attached hydrogens (tertiary/aromatic N) is 3. The summed E-state index contributed by atoms with van der Waals surface area (Å²) in [5.41, 5.74) is 0.603. The molecular weight excluding hydrogens is 376 g/mol. The molecule has 1 amide bonds. The van der Waals surface area contributed by atoms with E-state index in [1.54, 1.807) is 32.2 Å². The number of aryl methyl sites for hydroxylation is 2. The van der Waals surface area contributed by atoms with Crippen LogP contribution in [0.15, 0.2) is 33.9 Å². The molecule has 0 aliphatic carbocycles. The van der Waals surface area contributed by atoms with Crippen LogP contribution in [0.4, 0.5) is 0 Å². The number of methoxy groups -OCH3 is 2. The third kappa shape index (κ3) is 3.58. The van der Waals surface area contributed by atoms with Crippen molar-refractivity contribution in [3.8, 4) is 11.5 Å². The minimum Gasteiger partial charge on any atom is -0.493 e. The number of hydrogen-bond donors (Lipinski definition) is 1. The van der Waals surface area contributed by atoms with Crippen LogP contribution in [-0.2, 0) is 20.6 Å². The minimum atomic E-state index is -0.563. The Morgan fingerprint density at radius 2 is 1.76 bits per heavy atom. The molecule has 0 spiro atoms. The van der Waals surface area contributed by atoms with E-state index in [4.69, 9.17) is 9.47 Å². The molecule has 29 heavy (non-hydrogen) atoms. The van der Waals surface area contributed by atoms with E-state index < -0.39 is 17.2 Å². The van der Waals surface area contributed by atoms with E-state index in [2.05, 4.69) is 10.3 Å². The first-order chi connectivity index (χ1) is 13.8. The topological polar surface area (TPSA) is 104 Å². The molecule has 0 aliphatic rings. The zero-order valence-corrected chi connectivity index (χ0v) is 16.9. The summed E-state index contributed by atoms with van der Waals surface area (Å²) in [6.07, 6.45) is 0. The molecule has 3 rings (SSSR count). The van der Waals surface area contributed by atoms with Crippen LogP contribution in [0.2, 0.25) is 0 Å². The summed E-state index contributed by atoms with van der Waals surface area (Å²) in [7, 11) is 5.97. The molecular formula is C20H22N4O5. The highest BCUT2D eigenvalue weighted by atomic mass is 16.5. The van der Waals surface area contributed by atoms with E-state index in [-0.39, 0.29) is 23.1 Å². The van der Waals surface area contributed by atoms with Crippen molar-refractivity contribution in [1.82, 2.24) is 19.4 Å². The van der Waals surface area contributed by atoms with E-state index in [0.717, 1.165) is 10.1 Å². The smallest absolute Gasteiger partial charge is 0.332 e. The van der Waals surface area contributed by atoms with Crippen molar-refractivity contribution in [3.63, 3.8) is 0 Å². The summed E-state index contributed by atoms with van der Waals surface area (Å²) in [4.78, 5) is 42.0. The van der Waals surface area contributed by atoms with Gasteiger partial charge in [-0.2, -0.15) is 0 Å². The number of fused-ring (bicyclic) bond motifs is 1. The van der Waals surface area contributed by atoms with Crippen LogP contribution in [0.5, 0.6) is 11.5 Å². The molecule has 0 saturated carbocycles. The number of pyridine rings is 1. The van der Waals surface area contributed by atoms with Crippen molar-refractivity contribution in [2.75, 3.05) is 14.2 Å². The maximum Gasteiger partial charge on any atom is 0.332 e. The zero-order chi connectivity index (χ0) is 21.3. The van der Waals surface area contributed by atoms with Gasteiger partial charge in [0, 0.05) is 26.3 Å². The van der Waals surface area contributed by atoms with Gasteiger partial charge in [0.2, 0.25) is 0 Å². The van der Waals surface area contributed by atoms with Gasteiger partial charge in [-0.15, -0.1) is 0 Å². The first-order valence-electron chi connectivity index (χ1n) is 8.85. The van der Waals surface area contributed by atoms with Crippen LogP contribution in [0.25, 0.3) is 11.0 Å². The Labute approximate surface area is 166 Å². The van der Waals surface area contributed by atoms with Crippen molar-refractivity contribution >= 4 is 16.9 Å². The van der Waals surface area contributed by atoms with Gasteiger partial charge in [-0.3, -0.25) is 18.7 Å². The summed E-state index contributed by atoms with van der Waals surface area (Å²) >= 11 is 0. The van der Waals surface area contributed by atoms with E-state index in [0.29, 0.717) is 17.2 Å². The Morgan fingerprint density at radius 3 is 2.41 bits per heavy atom. The molecule has 3 aromatic rings. The highest BCUT2D eigenvalue weighted by molar-refractivity contribution is 6.05. The lowest BCUT2D eigenvalue weighted by Crippen LogP contribution is -2.38. The van der Waals surface area contributed by atoms with Crippen molar-refractivity contribution in [3.05, 3.63) is 61.9 Å². The molecule has 9 nitrogen and oxygen atoms in total. The molecule has 0 fully saturated rings. The Balaban J connectivity index is 2.00. The van der Waals surface area contributed by atoms with Crippen LogP contribution in [0.3, 0.4) is 0 Å². The molecule has 0 atom stereocenters. The SMILES string of the molecule is COc1ccc(CNC(=O)c2cc(C)nc3c2c(=O)n(C)c(=O)n3C)cc1OC. The van der Waals surface area contributed by atoms with E-state index in [1.165, 1.54) is 31.8 Å². The van der Waals surface area contributed by atoms with Crippen molar-refractivity contribution in [1.29, 1.82) is 0 Å². The molecule has 0 bridgehead atoms. The van der Waals surface area contributed by atoms with E-state index in [1.807, 2.05) is 0 Å². The molecule has 0 unspecified atom stereocenters. The fourth-order valence-corrected chi connectivity index (χ4v) is 3.13. The van der Waals surface area contributed by atoms with Gasteiger partial charge in [-0.25, -0.2) is 9.78 Å². The fourth-order valence-electron chi connectivity index (χ4n) is 3.13. The summed E-state index contributed by atoms with van der Waals surface area (Å²) < 4.78 is 12.7. The molecule has 0 saturated heterocycles. The average molecular weight is 398 g/mol. The number of carbonyl (C=O) groups excluding carboxylic acids is 1. The van der Waals surface area contributed by atoms with Gasteiger partial charge in [0.15, 0.2) is 11.5 Å². The first kappa shape index (κ1) is 20.1. The quantitative estimate of drug-likeness (QED) is 0.684. The van der Waals surface area contributed by atoms with Crippen LogP contribution in [0.1, 0.15) is 21.6 Å². The Morgan fingerprint density at radius 1 is 1.07 bits per heavy atom. The van der Waals surface area contributed by atoms with Crippen LogP contribution < -0.4 is 26.0 Å². The molecule has 152 valence electrons. The molecule has 9 heteroatoms. The second-order valence-corrected chi connectivity index (χ2v) is 6.59. The van der Waals surface area contributed by atoms with Gasteiger partial charge in [-0.1, -0.05) is 6.07 Å². The number of benzene rings is 1. The van der Waals surface area contributed by atoms with E-state index >= 15 is 0 Å². The highest BCUT2D eigenvalue weighted by Crippen LogP contribution is 2.27.